The average Bonchev–Trinajstić information content (AvgIpc) is 3.41. The second kappa shape index (κ2) is 10.1. The van der Waals surface area contributed by atoms with Gasteiger partial charge < -0.3 is 23.7 Å². The van der Waals surface area contributed by atoms with E-state index in [4.69, 9.17) is 23.7 Å². The summed E-state index contributed by atoms with van der Waals surface area (Å²) in [6, 6.07) is 7.62. The van der Waals surface area contributed by atoms with Gasteiger partial charge in [0.2, 0.25) is 10.0 Å². The van der Waals surface area contributed by atoms with Crippen LogP contribution in [0.5, 0.6) is 11.5 Å². The number of rotatable bonds is 7. The molecule has 0 spiro atoms. The van der Waals surface area contributed by atoms with Crippen molar-refractivity contribution < 1.29 is 50.1 Å². The van der Waals surface area contributed by atoms with Gasteiger partial charge in [-0.15, -0.1) is 0 Å². The third-order valence-electron chi connectivity index (χ3n) is 5.67. The lowest BCUT2D eigenvalue weighted by atomic mass is 10.1. The van der Waals surface area contributed by atoms with Gasteiger partial charge in [0.15, 0.2) is 6.10 Å². The lowest BCUT2D eigenvalue weighted by Crippen LogP contribution is -2.44. The maximum atomic E-state index is 13.1. The maximum Gasteiger partial charge on any atom is 0.416 e. The first-order chi connectivity index (χ1) is 17.0. The summed E-state index contributed by atoms with van der Waals surface area (Å²) in [6.07, 6.45) is -8.01. The van der Waals surface area contributed by atoms with Crippen molar-refractivity contribution in [1.82, 2.24) is 4.72 Å². The van der Waals surface area contributed by atoms with Gasteiger partial charge in [-0.3, -0.25) is 5.32 Å². The van der Waals surface area contributed by atoms with Crippen LogP contribution in [0.15, 0.2) is 47.4 Å². The van der Waals surface area contributed by atoms with E-state index in [-0.39, 0.29) is 29.5 Å². The summed E-state index contributed by atoms with van der Waals surface area (Å²) in [7, 11) is -1.35. The van der Waals surface area contributed by atoms with Crippen molar-refractivity contribution in [3.63, 3.8) is 0 Å². The van der Waals surface area contributed by atoms with E-state index in [0.29, 0.717) is 5.75 Å². The Balaban J connectivity index is 1.39. The van der Waals surface area contributed by atoms with E-state index in [1.54, 1.807) is 6.07 Å². The van der Waals surface area contributed by atoms with Crippen LogP contribution < -0.4 is 19.5 Å². The highest BCUT2D eigenvalue weighted by molar-refractivity contribution is 7.89. The Hall–Kier alpha value is -3.07. The molecule has 2 heterocycles. The Bertz CT molecular complexity index is 1220. The minimum Gasteiger partial charge on any atom is -0.497 e. The van der Waals surface area contributed by atoms with E-state index in [1.807, 2.05) is 0 Å². The number of carbonyl (C=O) groups excluding carboxylic acids is 1. The van der Waals surface area contributed by atoms with Gasteiger partial charge in [-0.1, -0.05) is 6.07 Å². The van der Waals surface area contributed by atoms with Crippen LogP contribution in [0.4, 0.5) is 23.7 Å². The molecule has 2 saturated heterocycles. The van der Waals surface area contributed by atoms with Crippen LogP contribution in [0.25, 0.3) is 0 Å². The Morgan fingerprint density at radius 2 is 1.78 bits per heavy atom. The van der Waals surface area contributed by atoms with Crippen molar-refractivity contribution in [2.75, 3.05) is 32.8 Å². The molecule has 10 nitrogen and oxygen atoms in total. The first-order valence-corrected chi connectivity index (χ1v) is 12.1. The number of methoxy groups -OCH3 is 2. The fraction of sp³-hybridized carbons (Fsp3) is 0.409. The lowest BCUT2D eigenvalue weighted by molar-refractivity contribution is -0.137. The molecule has 2 fully saturated rings. The van der Waals surface area contributed by atoms with Gasteiger partial charge >= 0.3 is 12.3 Å². The second-order valence-corrected chi connectivity index (χ2v) is 9.67. The number of ether oxygens (including phenoxy) is 5. The number of anilines is 1. The molecule has 2 aromatic carbocycles. The van der Waals surface area contributed by atoms with Gasteiger partial charge in [0.05, 0.1) is 39.0 Å². The maximum absolute atomic E-state index is 13.1. The van der Waals surface area contributed by atoms with E-state index in [9.17, 15) is 26.4 Å². The van der Waals surface area contributed by atoms with Crippen molar-refractivity contribution in [3.8, 4) is 11.5 Å². The Kier molecular flexibility index (Phi) is 7.31. The highest BCUT2D eigenvalue weighted by Gasteiger charge is 2.50. The molecule has 36 heavy (non-hydrogen) atoms. The van der Waals surface area contributed by atoms with Crippen LogP contribution in [-0.2, 0) is 30.4 Å². The minimum atomic E-state index is -4.57. The van der Waals surface area contributed by atoms with Crippen LogP contribution in [0.3, 0.4) is 0 Å². The summed E-state index contributed by atoms with van der Waals surface area (Å²) in [6.45, 7) is -0.151. The van der Waals surface area contributed by atoms with E-state index in [2.05, 4.69) is 10.0 Å². The van der Waals surface area contributed by atoms with Crippen LogP contribution in [0, 0.1) is 0 Å². The molecular weight excluding hydrogens is 509 g/mol. The van der Waals surface area contributed by atoms with Crippen LogP contribution in [0.2, 0.25) is 0 Å². The number of alkyl halides is 3. The first kappa shape index (κ1) is 26.0. The minimum absolute atomic E-state index is 0.0596. The summed E-state index contributed by atoms with van der Waals surface area (Å²) >= 11 is 0. The van der Waals surface area contributed by atoms with E-state index in [1.165, 1.54) is 32.4 Å². The fourth-order valence-corrected chi connectivity index (χ4v) is 5.40. The molecule has 14 heteroatoms. The number of sulfonamides is 1. The molecule has 2 aliphatic rings. The normalized spacial score (nSPS) is 23.7. The molecule has 2 N–H and O–H groups in total. The topological polar surface area (TPSA) is 121 Å². The molecule has 0 bridgehead atoms. The van der Waals surface area contributed by atoms with Gasteiger partial charge in [0.1, 0.15) is 28.6 Å². The van der Waals surface area contributed by atoms with Gasteiger partial charge in [-0.05, 0) is 30.3 Å². The van der Waals surface area contributed by atoms with Crippen molar-refractivity contribution in [2.24, 2.45) is 0 Å². The molecule has 196 valence electrons. The lowest BCUT2D eigenvalue weighted by Gasteiger charge is -2.19. The summed E-state index contributed by atoms with van der Waals surface area (Å²) in [5.74, 6) is 0.424. The van der Waals surface area contributed by atoms with Crippen LogP contribution in [0.1, 0.15) is 5.56 Å². The third-order valence-corrected chi connectivity index (χ3v) is 7.18. The van der Waals surface area contributed by atoms with E-state index >= 15 is 0 Å². The number of fused-ring (bicyclic) bond motifs is 1. The Morgan fingerprint density at radius 1 is 1.03 bits per heavy atom. The van der Waals surface area contributed by atoms with Crippen LogP contribution in [-0.4, -0.2) is 66.3 Å². The van der Waals surface area contributed by atoms with Crippen molar-refractivity contribution in [3.05, 3.63) is 48.0 Å². The molecule has 4 atom stereocenters. The summed E-state index contributed by atoms with van der Waals surface area (Å²) in [5, 5.41) is 2.25. The smallest absolute Gasteiger partial charge is 0.416 e. The number of amides is 1. The first-order valence-electron chi connectivity index (χ1n) is 10.6. The quantitative estimate of drug-likeness (QED) is 0.559. The third kappa shape index (κ3) is 5.51. The molecule has 2 aromatic rings. The van der Waals surface area contributed by atoms with Crippen LogP contribution >= 0.6 is 0 Å². The fourth-order valence-electron chi connectivity index (χ4n) is 3.98. The highest BCUT2D eigenvalue weighted by Crippen LogP contribution is 2.33. The number of hydrogen-bond donors (Lipinski definition) is 2. The van der Waals surface area contributed by atoms with Gasteiger partial charge in [0.25, 0.3) is 0 Å². The van der Waals surface area contributed by atoms with Gasteiger partial charge in [-0.2, -0.15) is 13.2 Å². The van der Waals surface area contributed by atoms with E-state index in [0.717, 1.165) is 18.2 Å². The summed E-state index contributed by atoms with van der Waals surface area (Å²) in [5.41, 5.74) is -1.03. The number of carbonyl (C=O) groups is 1. The zero-order chi connectivity index (χ0) is 26.1. The molecule has 0 radical (unpaired) electrons. The van der Waals surface area contributed by atoms with Gasteiger partial charge in [0, 0.05) is 11.8 Å². The molecule has 2 aliphatic heterocycles. The Morgan fingerprint density at radius 3 is 2.47 bits per heavy atom. The molecule has 0 aromatic heterocycles. The predicted octanol–water partition coefficient (Wildman–Crippen LogP) is 2.78. The molecule has 0 aliphatic carbocycles. The standard InChI is InChI=1S/C22H23F3N2O8S/c1-31-14-6-7-16(32-2)18(9-14)36(29,30)27-15-10-33-20-17(11-34-19(15)20)35-21(28)26-13-5-3-4-12(8-13)22(23,24)25/h3-9,15,17,19-20,27H,10-11H2,1-2H3,(H,26,28)/t15-,17+,19+,20+/m0/s1. The molecule has 1 amide bonds. The number of nitrogens with one attached hydrogen (secondary N) is 2. The molecule has 4 rings (SSSR count). The zero-order valence-electron chi connectivity index (χ0n) is 19.1. The second-order valence-electron chi connectivity index (χ2n) is 7.99. The van der Waals surface area contributed by atoms with Crippen molar-refractivity contribution in [1.29, 1.82) is 0 Å². The average molecular weight is 532 g/mol. The summed E-state index contributed by atoms with van der Waals surface area (Å²) < 4.78 is 94.1. The summed E-state index contributed by atoms with van der Waals surface area (Å²) in [4.78, 5) is 12.1. The SMILES string of the molecule is COc1ccc(OC)c(S(=O)(=O)N[C@H]2CO[C@H]3[C@@H]2OC[C@H]3OC(=O)Nc2cccc(C(F)(F)F)c2)c1. The largest absolute Gasteiger partial charge is 0.497 e. The number of benzene rings is 2. The Labute approximate surface area is 204 Å². The molecule has 0 saturated carbocycles. The number of halogens is 3. The van der Waals surface area contributed by atoms with Gasteiger partial charge in [-0.25, -0.2) is 17.9 Å². The van der Waals surface area contributed by atoms with Crippen molar-refractivity contribution in [2.45, 2.75) is 35.4 Å². The highest BCUT2D eigenvalue weighted by atomic mass is 32.2. The molecular formula is C22H23F3N2O8S. The van der Waals surface area contributed by atoms with Crippen molar-refractivity contribution >= 4 is 21.8 Å². The zero-order valence-corrected chi connectivity index (χ0v) is 19.9. The predicted molar refractivity (Wildman–Crippen MR) is 118 cm³/mol. The van der Waals surface area contributed by atoms with E-state index < -0.39 is 52.2 Å². The monoisotopic (exact) mass is 532 g/mol. The molecule has 0 unspecified atom stereocenters. The number of hydrogen-bond acceptors (Lipinski definition) is 8.